The average molecular weight is 276 g/mol. The molecule has 0 radical (unpaired) electrons. The Kier molecular flexibility index (Phi) is 4.70. The number of esters is 1. The van der Waals surface area contributed by atoms with Gasteiger partial charge in [0, 0.05) is 10.0 Å². The molecule has 4 heteroatoms. The molecule has 1 aromatic carbocycles. The fourth-order valence-corrected chi connectivity index (χ4v) is 1.17. The fraction of sp³-hybridized carbons (Fsp3) is 0.100. The van der Waals surface area contributed by atoms with E-state index in [1.165, 1.54) is 5.54 Å². The molecule has 0 fully saturated rings. The lowest BCUT2D eigenvalue weighted by Crippen LogP contribution is -2.04. The van der Waals surface area contributed by atoms with Crippen LogP contribution in [-0.2, 0) is 4.74 Å². The Morgan fingerprint density at radius 3 is 2.64 bits per heavy atom. The summed E-state index contributed by atoms with van der Waals surface area (Å²) in [5.41, 5.74) is 1.84. The summed E-state index contributed by atoms with van der Waals surface area (Å²) >= 11 is 8.55. The number of carbonyl (C=O) groups is 1. The van der Waals surface area contributed by atoms with Crippen molar-refractivity contribution in [3.8, 4) is 0 Å². The summed E-state index contributed by atoms with van der Waals surface area (Å²) in [5, 5.41) is 0. The summed E-state index contributed by atoms with van der Waals surface area (Å²) in [6.45, 7) is 0.193. The molecule has 0 spiro atoms. The van der Waals surface area contributed by atoms with Crippen LogP contribution in [0.4, 0.5) is 0 Å². The number of benzene rings is 1. The van der Waals surface area contributed by atoms with Crippen molar-refractivity contribution < 1.29 is 9.53 Å². The minimum atomic E-state index is -0.354. The Hall–Kier alpha value is -0.800. The summed E-state index contributed by atoms with van der Waals surface area (Å²) in [6, 6.07) is 6.95. The molecule has 1 aromatic rings. The van der Waals surface area contributed by atoms with Gasteiger partial charge in [-0.3, -0.25) is 0 Å². The Bertz CT molecular complexity index is 332. The minimum absolute atomic E-state index is 0.193. The lowest BCUT2D eigenvalue weighted by Gasteiger charge is -2.01. The molecule has 0 aromatic heterocycles. The van der Waals surface area contributed by atoms with Crippen molar-refractivity contribution in [1.29, 1.82) is 0 Å². The summed E-state index contributed by atoms with van der Waals surface area (Å²) < 4.78 is 5.81. The highest BCUT2D eigenvalue weighted by Crippen LogP contribution is 2.11. The Labute approximate surface area is 95.6 Å². The monoisotopic (exact) mass is 274 g/mol. The van der Waals surface area contributed by atoms with E-state index in [1.54, 1.807) is 30.3 Å². The van der Waals surface area contributed by atoms with E-state index in [4.69, 9.17) is 16.3 Å². The third-order valence-electron chi connectivity index (χ3n) is 1.48. The van der Waals surface area contributed by atoms with E-state index in [0.29, 0.717) is 5.56 Å². The predicted molar refractivity (Wildman–Crippen MR) is 59.4 cm³/mol. The van der Waals surface area contributed by atoms with Crippen LogP contribution in [0.25, 0.3) is 0 Å². The summed E-state index contributed by atoms with van der Waals surface area (Å²) in [7, 11) is 0. The van der Waals surface area contributed by atoms with E-state index < -0.39 is 0 Å². The van der Waals surface area contributed by atoms with Crippen molar-refractivity contribution in [1.82, 2.24) is 0 Å². The highest BCUT2D eigenvalue weighted by Gasteiger charge is 2.04. The fourth-order valence-electron chi connectivity index (χ4n) is 0.829. The first kappa shape index (κ1) is 11.3. The van der Waals surface area contributed by atoms with E-state index >= 15 is 0 Å². The maximum atomic E-state index is 11.3. The van der Waals surface area contributed by atoms with Crippen molar-refractivity contribution in [2.45, 2.75) is 0 Å². The van der Waals surface area contributed by atoms with E-state index in [9.17, 15) is 4.79 Å². The van der Waals surface area contributed by atoms with Crippen molar-refractivity contribution >= 4 is 33.5 Å². The molecule has 0 amide bonds. The molecule has 0 atom stereocenters. The molecule has 14 heavy (non-hydrogen) atoms. The predicted octanol–water partition coefficient (Wildman–Crippen LogP) is 3.36. The molecular weight excluding hydrogens is 267 g/mol. The Balaban J connectivity index is 2.56. The molecular formula is C10H8BrClO2. The quantitative estimate of drug-likeness (QED) is 0.791. The van der Waals surface area contributed by atoms with E-state index in [2.05, 4.69) is 15.9 Å². The van der Waals surface area contributed by atoms with Gasteiger partial charge in [-0.25, -0.2) is 4.79 Å². The van der Waals surface area contributed by atoms with Gasteiger partial charge < -0.3 is 4.74 Å². The molecule has 2 nitrogen and oxygen atoms in total. The van der Waals surface area contributed by atoms with Gasteiger partial charge in [0.2, 0.25) is 0 Å². The van der Waals surface area contributed by atoms with Gasteiger partial charge in [-0.2, -0.15) is 0 Å². The molecule has 1 rings (SSSR count). The van der Waals surface area contributed by atoms with Crippen molar-refractivity contribution in [2.24, 2.45) is 0 Å². The van der Waals surface area contributed by atoms with Crippen molar-refractivity contribution in [3.05, 3.63) is 45.9 Å². The molecule has 0 saturated heterocycles. The minimum Gasteiger partial charge on any atom is -0.458 e. The maximum absolute atomic E-state index is 11.3. The van der Waals surface area contributed by atoms with Crippen LogP contribution in [0, 0.1) is 0 Å². The Morgan fingerprint density at radius 1 is 1.43 bits per heavy atom. The molecule has 0 bridgehead atoms. The first-order valence-electron chi connectivity index (χ1n) is 3.92. The standard InChI is InChI=1S/C10H8BrClO2/c11-9-4-2-8(3-5-9)10(13)14-7-1-6-12/h1-6H,7H2/b6-1+. The number of hydrogen-bond acceptors (Lipinski definition) is 2. The highest BCUT2D eigenvalue weighted by atomic mass is 79.9. The third kappa shape index (κ3) is 3.52. The number of rotatable bonds is 3. The molecule has 0 aliphatic rings. The molecule has 0 N–H and O–H groups in total. The van der Waals surface area contributed by atoms with Gasteiger partial charge in [0.25, 0.3) is 0 Å². The summed E-state index contributed by atoms with van der Waals surface area (Å²) in [6.07, 6.45) is 1.55. The zero-order chi connectivity index (χ0) is 10.4. The second-order valence-corrected chi connectivity index (χ2v) is 3.63. The van der Waals surface area contributed by atoms with Crippen LogP contribution in [0.2, 0.25) is 0 Å². The third-order valence-corrected chi connectivity index (χ3v) is 2.19. The van der Waals surface area contributed by atoms with Gasteiger partial charge in [-0.1, -0.05) is 27.5 Å². The van der Waals surface area contributed by atoms with Crippen LogP contribution in [0.5, 0.6) is 0 Å². The van der Waals surface area contributed by atoms with Crippen LogP contribution < -0.4 is 0 Å². The van der Waals surface area contributed by atoms with Crippen LogP contribution >= 0.6 is 27.5 Å². The topological polar surface area (TPSA) is 26.3 Å². The lowest BCUT2D eigenvalue weighted by molar-refractivity contribution is 0.0549. The van der Waals surface area contributed by atoms with Crippen molar-refractivity contribution in [2.75, 3.05) is 6.61 Å². The normalized spacial score (nSPS) is 10.4. The van der Waals surface area contributed by atoms with Gasteiger partial charge in [-0.15, -0.1) is 0 Å². The van der Waals surface area contributed by atoms with E-state index in [-0.39, 0.29) is 12.6 Å². The average Bonchev–Trinajstić information content (AvgIpc) is 2.19. The van der Waals surface area contributed by atoms with E-state index in [1.807, 2.05) is 0 Å². The van der Waals surface area contributed by atoms with Gasteiger partial charge in [0.15, 0.2) is 0 Å². The van der Waals surface area contributed by atoms with Gasteiger partial charge in [0.1, 0.15) is 6.61 Å². The number of hydrogen-bond donors (Lipinski definition) is 0. The first-order chi connectivity index (χ1) is 6.74. The summed E-state index contributed by atoms with van der Waals surface area (Å²) in [5.74, 6) is -0.354. The smallest absolute Gasteiger partial charge is 0.338 e. The molecule has 0 aliphatic carbocycles. The maximum Gasteiger partial charge on any atom is 0.338 e. The molecule has 0 saturated carbocycles. The first-order valence-corrected chi connectivity index (χ1v) is 5.15. The number of halogens is 2. The molecule has 0 heterocycles. The molecule has 0 aliphatic heterocycles. The zero-order valence-corrected chi connectivity index (χ0v) is 9.59. The number of ether oxygens (including phenoxy) is 1. The summed E-state index contributed by atoms with van der Waals surface area (Å²) in [4.78, 5) is 11.3. The van der Waals surface area contributed by atoms with Gasteiger partial charge in [0.05, 0.1) is 5.56 Å². The van der Waals surface area contributed by atoms with Crippen LogP contribution in [0.3, 0.4) is 0 Å². The second kappa shape index (κ2) is 5.83. The van der Waals surface area contributed by atoms with Crippen molar-refractivity contribution in [3.63, 3.8) is 0 Å². The Morgan fingerprint density at radius 2 is 2.07 bits per heavy atom. The lowest BCUT2D eigenvalue weighted by atomic mass is 10.2. The van der Waals surface area contributed by atoms with E-state index in [0.717, 1.165) is 4.47 Å². The van der Waals surface area contributed by atoms with Crippen LogP contribution in [0.1, 0.15) is 10.4 Å². The molecule has 74 valence electrons. The van der Waals surface area contributed by atoms with Crippen LogP contribution in [0.15, 0.2) is 40.3 Å². The SMILES string of the molecule is O=C(OC/C=C/Cl)c1ccc(Br)cc1. The highest BCUT2D eigenvalue weighted by molar-refractivity contribution is 9.10. The second-order valence-electron chi connectivity index (χ2n) is 2.47. The number of carbonyl (C=O) groups excluding carboxylic acids is 1. The largest absolute Gasteiger partial charge is 0.458 e. The van der Waals surface area contributed by atoms with Gasteiger partial charge in [-0.05, 0) is 30.3 Å². The van der Waals surface area contributed by atoms with Gasteiger partial charge >= 0.3 is 5.97 Å². The van der Waals surface area contributed by atoms with Crippen LogP contribution in [-0.4, -0.2) is 12.6 Å². The molecule has 0 unspecified atom stereocenters. The zero-order valence-electron chi connectivity index (χ0n) is 7.24.